The van der Waals surface area contributed by atoms with E-state index in [4.69, 9.17) is 9.47 Å². The first-order valence-electron chi connectivity index (χ1n) is 11.1. The fourth-order valence-corrected chi connectivity index (χ4v) is 4.90. The van der Waals surface area contributed by atoms with Crippen LogP contribution in [0.1, 0.15) is 35.6 Å². The van der Waals surface area contributed by atoms with Crippen molar-refractivity contribution < 1.29 is 24.2 Å². The highest BCUT2D eigenvalue weighted by molar-refractivity contribution is 6.46. The summed E-state index contributed by atoms with van der Waals surface area (Å²) >= 11 is 0. The largest absolute Gasteiger partial charge is 0.507 e. The van der Waals surface area contributed by atoms with Crippen LogP contribution in [-0.4, -0.2) is 53.0 Å². The number of ether oxygens (including phenoxy) is 2. The monoisotopic (exact) mass is 446 g/mol. The highest BCUT2D eigenvalue weighted by Crippen LogP contribution is 2.42. The average molecular weight is 447 g/mol. The molecule has 2 aliphatic heterocycles. The van der Waals surface area contributed by atoms with Crippen LogP contribution in [0.25, 0.3) is 16.7 Å². The van der Waals surface area contributed by atoms with Gasteiger partial charge in [0.25, 0.3) is 11.7 Å². The maximum Gasteiger partial charge on any atom is 0.295 e. The number of likely N-dealkylation sites (tertiary alicyclic amines) is 1. The van der Waals surface area contributed by atoms with Crippen molar-refractivity contribution in [3.05, 3.63) is 70.9 Å². The first-order chi connectivity index (χ1) is 16.0. The molecule has 0 spiro atoms. The van der Waals surface area contributed by atoms with Crippen LogP contribution in [0.3, 0.4) is 0 Å². The number of aromatic amines is 1. The summed E-state index contributed by atoms with van der Waals surface area (Å²) in [6, 6.07) is 12.2. The molecule has 2 saturated heterocycles. The Morgan fingerprint density at radius 2 is 2.06 bits per heavy atom. The van der Waals surface area contributed by atoms with E-state index in [2.05, 4.69) is 4.98 Å². The van der Waals surface area contributed by atoms with Crippen molar-refractivity contribution in [2.24, 2.45) is 0 Å². The number of fused-ring (bicyclic) bond motifs is 1. The number of Topliss-reactive ketones (excluding diaryl/α,β-unsaturated/α-hetero) is 1. The summed E-state index contributed by atoms with van der Waals surface area (Å²) < 4.78 is 11.1. The number of benzene rings is 2. The van der Waals surface area contributed by atoms with Gasteiger partial charge in [0.1, 0.15) is 11.5 Å². The number of rotatable bonds is 5. The zero-order valence-corrected chi connectivity index (χ0v) is 18.6. The summed E-state index contributed by atoms with van der Waals surface area (Å²) in [5.41, 5.74) is 3.05. The van der Waals surface area contributed by atoms with Gasteiger partial charge >= 0.3 is 0 Å². The summed E-state index contributed by atoms with van der Waals surface area (Å²) in [6.07, 6.45) is 3.45. The lowest BCUT2D eigenvalue weighted by molar-refractivity contribution is -0.140. The number of para-hydroxylation sites is 1. The maximum absolute atomic E-state index is 13.3. The summed E-state index contributed by atoms with van der Waals surface area (Å²) in [6.45, 7) is 2.81. The van der Waals surface area contributed by atoms with E-state index in [1.54, 1.807) is 30.2 Å². The van der Waals surface area contributed by atoms with Gasteiger partial charge < -0.3 is 24.5 Å². The number of ketones is 1. The number of aromatic nitrogens is 1. The lowest BCUT2D eigenvalue weighted by Crippen LogP contribution is -2.36. The Hall–Kier alpha value is -3.58. The van der Waals surface area contributed by atoms with E-state index in [0.717, 1.165) is 34.9 Å². The predicted octanol–water partition coefficient (Wildman–Crippen LogP) is 4.09. The first kappa shape index (κ1) is 21.3. The number of H-pyrrole nitrogens is 1. The van der Waals surface area contributed by atoms with Crippen molar-refractivity contribution in [1.82, 2.24) is 9.88 Å². The molecule has 0 radical (unpaired) electrons. The second-order valence-electron chi connectivity index (χ2n) is 8.56. The minimum absolute atomic E-state index is 0.0901. The van der Waals surface area contributed by atoms with Gasteiger partial charge in [0, 0.05) is 41.4 Å². The number of nitrogens with zero attached hydrogens (tertiary/aromatic N) is 1. The van der Waals surface area contributed by atoms with Crippen LogP contribution in [0, 0.1) is 6.92 Å². The highest BCUT2D eigenvalue weighted by atomic mass is 16.5. The van der Waals surface area contributed by atoms with E-state index in [1.165, 1.54) is 0 Å². The van der Waals surface area contributed by atoms with Gasteiger partial charge in [0.05, 0.1) is 24.8 Å². The maximum atomic E-state index is 13.3. The Labute approximate surface area is 191 Å². The van der Waals surface area contributed by atoms with Crippen molar-refractivity contribution in [3.63, 3.8) is 0 Å². The number of carbonyl (C=O) groups excluding carboxylic acids is 2. The molecule has 1 amide bonds. The van der Waals surface area contributed by atoms with Crippen LogP contribution in [-0.2, 0) is 14.3 Å². The van der Waals surface area contributed by atoms with Crippen LogP contribution in [0.2, 0.25) is 0 Å². The summed E-state index contributed by atoms with van der Waals surface area (Å²) in [7, 11) is 1.58. The van der Waals surface area contributed by atoms with Gasteiger partial charge in [-0.25, -0.2) is 0 Å². The SMILES string of the molecule is COc1ccc(/C(O)=C2\C(=O)C(=O)N(CC3CCCO3)C2c2c[nH]c3ccccc23)cc1C. The summed E-state index contributed by atoms with van der Waals surface area (Å²) in [5, 5.41) is 12.2. The number of aliphatic hydroxyl groups is 1. The third-order valence-electron chi connectivity index (χ3n) is 6.55. The van der Waals surface area contributed by atoms with E-state index in [1.807, 2.05) is 37.4 Å². The molecule has 2 N–H and O–H groups in total. The lowest BCUT2D eigenvalue weighted by atomic mass is 9.94. The van der Waals surface area contributed by atoms with Crippen LogP contribution >= 0.6 is 0 Å². The van der Waals surface area contributed by atoms with E-state index < -0.39 is 17.7 Å². The van der Waals surface area contributed by atoms with Crippen molar-refractivity contribution in [3.8, 4) is 5.75 Å². The number of methoxy groups -OCH3 is 1. The zero-order chi connectivity index (χ0) is 23.1. The standard InChI is InChI=1S/C26H26N2O5/c1-15-12-16(9-10-21(15)32-2)24(29)22-23(19-13-27-20-8-4-3-7-18(19)20)28(26(31)25(22)30)14-17-6-5-11-33-17/h3-4,7-10,12-13,17,23,27,29H,5-6,11,14H2,1-2H3/b24-22+. The van der Waals surface area contributed by atoms with Gasteiger partial charge in [-0.15, -0.1) is 0 Å². The van der Waals surface area contributed by atoms with E-state index in [-0.39, 0.29) is 17.4 Å². The average Bonchev–Trinajstić information content (AvgIpc) is 3.54. The van der Waals surface area contributed by atoms with Gasteiger partial charge in [-0.05, 0) is 49.6 Å². The molecule has 33 heavy (non-hydrogen) atoms. The number of hydrogen-bond donors (Lipinski definition) is 2. The van der Waals surface area contributed by atoms with Gasteiger partial charge in [0.15, 0.2) is 0 Å². The number of carbonyl (C=O) groups is 2. The van der Waals surface area contributed by atoms with Crippen molar-refractivity contribution in [2.45, 2.75) is 31.9 Å². The highest BCUT2D eigenvalue weighted by Gasteiger charge is 2.47. The minimum Gasteiger partial charge on any atom is -0.507 e. The number of hydrogen-bond acceptors (Lipinski definition) is 5. The number of aryl methyl sites for hydroxylation is 1. The van der Waals surface area contributed by atoms with Crippen molar-refractivity contribution in [1.29, 1.82) is 0 Å². The molecular formula is C26H26N2O5. The number of aliphatic hydroxyl groups excluding tert-OH is 1. The summed E-state index contributed by atoms with van der Waals surface area (Å²) in [5.74, 6) is -0.815. The molecule has 3 heterocycles. The predicted molar refractivity (Wildman–Crippen MR) is 124 cm³/mol. The van der Waals surface area contributed by atoms with E-state index in [0.29, 0.717) is 24.5 Å². The van der Waals surface area contributed by atoms with Crippen LogP contribution in [0.4, 0.5) is 0 Å². The lowest BCUT2D eigenvalue weighted by Gasteiger charge is -2.27. The minimum atomic E-state index is -0.715. The van der Waals surface area contributed by atoms with E-state index >= 15 is 0 Å². The van der Waals surface area contributed by atoms with Gasteiger partial charge in [-0.3, -0.25) is 9.59 Å². The molecule has 0 bridgehead atoms. The number of nitrogens with one attached hydrogen (secondary N) is 1. The zero-order valence-electron chi connectivity index (χ0n) is 18.6. The molecule has 7 nitrogen and oxygen atoms in total. The van der Waals surface area contributed by atoms with Gasteiger partial charge in [0.2, 0.25) is 0 Å². The normalized spacial score (nSPS) is 22.4. The Balaban J connectivity index is 1.67. The Morgan fingerprint density at radius 1 is 1.24 bits per heavy atom. The quantitative estimate of drug-likeness (QED) is 0.350. The Bertz CT molecular complexity index is 1270. The fourth-order valence-electron chi connectivity index (χ4n) is 4.90. The van der Waals surface area contributed by atoms with Crippen LogP contribution in [0.15, 0.2) is 54.2 Å². The third kappa shape index (κ3) is 3.58. The van der Waals surface area contributed by atoms with Crippen LogP contribution in [0.5, 0.6) is 5.75 Å². The molecule has 5 rings (SSSR count). The molecule has 0 saturated carbocycles. The Morgan fingerprint density at radius 3 is 2.79 bits per heavy atom. The molecule has 2 unspecified atom stereocenters. The first-order valence-corrected chi connectivity index (χ1v) is 11.1. The molecule has 2 aliphatic rings. The van der Waals surface area contributed by atoms with Gasteiger partial charge in [-0.2, -0.15) is 0 Å². The molecule has 1 aromatic heterocycles. The fraction of sp³-hybridized carbons (Fsp3) is 0.308. The third-order valence-corrected chi connectivity index (χ3v) is 6.55. The van der Waals surface area contributed by atoms with Crippen LogP contribution < -0.4 is 4.74 Å². The number of amides is 1. The van der Waals surface area contributed by atoms with E-state index in [9.17, 15) is 14.7 Å². The molecule has 2 aromatic carbocycles. The Kier molecular flexibility index (Phi) is 5.42. The second kappa shape index (κ2) is 8.41. The second-order valence-corrected chi connectivity index (χ2v) is 8.56. The molecule has 7 heteroatoms. The molecule has 170 valence electrons. The van der Waals surface area contributed by atoms with Crippen molar-refractivity contribution >= 4 is 28.4 Å². The molecule has 2 fully saturated rings. The van der Waals surface area contributed by atoms with Crippen molar-refractivity contribution in [2.75, 3.05) is 20.3 Å². The topological polar surface area (TPSA) is 91.9 Å². The molecule has 3 aromatic rings. The smallest absolute Gasteiger partial charge is 0.295 e. The molecule has 0 aliphatic carbocycles. The molecule has 2 atom stereocenters. The molecular weight excluding hydrogens is 420 g/mol. The summed E-state index contributed by atoms with van der Waals surface area (Å²) in [4.78, 5) is 31.2. The van der Waals surface area contributed by atoms with Gasteiger partial charge in [-0.1, -0.05) is 18.2 Å².